The molecule has 0 aromatic heterocycles. The number of carboxylic acids is 1. The molecular formula is C18H23N3O3. The molecule has 0 spiro atoms. The number of carboxylic acid groups (broad SMARTS) is 1. The van der Waals surface area contributed by atoms with Crippen molar-refractivity contribution in [2.75, 3.05) is 11.9 Å². The molecule has 0 saturated carbocycles. The average Bonchev–Trinajstić information content (AvgIpc) is 2.52. The Labute approximate surface area is 142 Å². The molecule has 0 bridgehead atoms. The zero-order chi connectivity index (χ0) is 18.1. The van der Waals surface area contributed by atoms with Gasteiger partial charge in [-0.1, -0.05) is 32.0 Å². The van der Waals surface area contributed by atoms with Gasteiger partial charge in [-0.3, -0.25) is 9.59 Å². The van der Waals surface area contributed by atoms with Crippen LogP contribution in [0.4, 0.5) is 5.69 Å². The predicted molar refractivity (Wildman–Crippen MR) is 92.5 cm³/mol. The molecule has 1 amide bonds. The first-order valence-electron chi connectivity index (χ1n) is 7.83. The first-order chi connectivity index (χ1) is 11.4. The summed E-state index contributed by atoms with van der Waals surface area (Å²) < 4.78 is 0. The number of amides is 1. The van der Waals surface area contributed by atoms with E-state index in [2.05, 4.69) is 24.5 Å². The maximum absolute atomic E-state index is 12.0. The quantitative estimate of drug-likeness (QED) is 0.386. The highest BCUT2D eigenvalue weighted by Gasteiger charge is 2.11. The predicted octanol–water partition coefficient (Wildman–Crippen LogP) is 2.92. The number of nitrogens with one attached hydrogen (secondary N) is 2. The lowest BCUT2D eigenvalue weighted by atomic mass is 9.98. The molecule has 24 heavy (non-hydrogen) atoms. The second-order valence-electron chi connectivity index (χ2n) is 5.76. The number of rotatable bonds is 8. The van der Waals surface area contributed by atoms with Gasteiger partial charge in [0.05, 0.1) is 0 Å². The molecule has 0 radical (unpaired) electrons. The number of benzene rings is 1. The molecular weight excluding hydrogens is 306 g/mol. The summed E-state index contributed by atoms with van der Waals surface area (Å²) in [5.74, 6) is -1.13. The van der Waals surface area contributed by atoms with Crippen LogP contribution in [0.25, 0.3) is 0 Å². The van der Waals surface area contributed by atoms with Crippen molar-refractivity contribution in [3.05, 3.63) is 41.1 Å². The first kappa shape index (κ1) is 19.2. The molecule has 6 nitrogen and oxygen atoms in total. The second-order valence-corrected chi connectivity index (χ2v) is 5.76. The zero-order valence-corrected chi connectivity index (χ0v) is 14.2. The molecule has 0 unspecified atom stereocenters. The van der Waals surface area contributed by atoms with E-state index in [1.165, 1.54) is 6.20 Å². The van der Waals surface area contributed by atoms with Crippen molar-refractivity contribution in [2.45, 2.75) is 39.5 Å². The molecule has 0 atom stereocenters. The molecule has 1 aromatic carbocycles. The molecule has 0 heterocycles. The van der Waals surface area contributed by atoms with Gasteiger partial charge < -0.3 is 15.7 Å². The number of carbonyl (C=O) groups excluding carboxylic acids is 1. The van der Waals surface area contributed by atoms with Crippen LogP contribution in [0, 0.1) is 18.3 Å². The summed E-state index contributed by atoms with van der Waals surface area (Å²) in [5.41, 5.74) is 2.96. The van der Waals surface area contributed by atoms with E-state index < -0.39 is 11.9 Å². The number of aryl methyl sites for hydroxylation is 1. The number of nitrogens with zero attached hydrogens (tertiary/aromatic N) is 1. The average molecular weight is 329 g/mol. The number of aliphatic carboxylic acids is 1. The maximum Gasteiger partial charge on any atom is 0.303 e. The Hall–Kier alpha value is -2.81. The number of hydrogen-bond acceptors (Lipinski definition) is 4. The van der Waals surface area contributed by atoms with Gasteiger partial charge in [-0.15, -0.1) is 0 Å². The molecule has 0 aliphatic heterocycles. The number of carbonyl (C=O) groups is 2. The Morgan fingerprint density at radius 3 is 2.67 bits per heavy atom. The van der Waals surface area contributed by atoms with Crippen LogP contribution in [0.1, 0.15) is 43.7 Å². The summed E-state index contributed by atoms with van der Waals surface area (Å²) in [6, 6.07) is 7.80. The van der Waals surface area contributed by atoms with Crippen LogP contribution < -0.4 is 10.6 Å². The Morgan fingerprint density at radius 2 is 2.08 bits per heavy atom. The third-order valence-electron chi connectivity index (χ3n) is 3.51. The molecule has 6 heteroatoms. The Balaban J connectivity index is 2.78. The van der Waals surface area contributed by atoms with Crippen molar-refractivity contribution >= 4 is 17.6 Å². The van der Waals surface area contributed by atoms with Crippen LogP contribution in [0.3, 0.4) is 0 Å². The van der Waals surface area contributed by atoms with Crippen LogP contribution in [0.5, 0.6) is 0 Å². The monoisotopic (exact) mass is 329 g/mol. The third-order valence-corrected chi connectivity index (χ3v) is 3.51. The third kappa shape index (κ3) is 5.76. The van der Waals surface area contributed by atoms with Crippen LogP contribution in [0.2, 0.25) is 0 Å². The van der Waals surface area contributed by atoms with Crippen molar-refractivity contribution in [1.29, 1.82) is 5.26 Å². The minimum Gasteiger partial charge on any atom is -0.481 e. The molecule has 1 aromatic rings. The summed E-state index contributed by atoms with van der Waals surface area (Å²) in [4.78, 5) is 22.4. The van der Waals surface area contributed by atoms with Crippen LogP contribution in [-0.4, -0.2) is 23.5 Å². The Bertz CT molecular complexity index is 673. The van der Waals surface area contributed by atoms with Gasteiger partial charge in [0.25, 0.3) is 5.91 Å². The fourth-order valence-electron chi connectivity index (χ4n) is 2.20. The lowest BCUT2D eigenvalue weighted by molar-refractivity contribution is -0.137. The summed E-state index contributed by atoms with van der Waals surface area (Å²) in [7, 11) is 0. The lowest BCUT2D eigenvalue weighted by Crippen LogP contribution is -2.26. The minimum absolute atomic E-state index is 0.0227. The van der Waals surface area contributed by atoms with Gasteiger partial charge in [0.15, 0.2) is 0 Å². The highest BCUT2D eigenvalue weighted by Crippen LogP contribution is 2.27. The van der Waals surface area contributed by atoms with Crippen molar-refractivity contribution in [2.24, 2.45) is 0 Å². The van der Waals surface area contributed by atoms with E-state index in [1.54, 1.807) is 0 Å². The SMILES string of the molecule is Cc1cccc(C(C)C)c1N/C=C(/C#N)C(=O)NCCCC(=O)O. The van der Waals surface area contributed by atoms with Gasteiger partial charge >= 0.3 is 5.97 Å². The molecule has 128 valence electrons. The van der Waals surface area contributed by atoms with E-state index in [0.29, 0.717) is 12.3 Å². The van der Waals surface area contributed by atoms with Gasteiger partial charge in [0.1, 0.15) is 11.6 Å². The highest BCUT2D eigenvalue weighted by atomic mass is 16.4. The van der Waals surface area contributed by atoms with Gasteiger partial charge in [-0.2, -0.15) is 5.26 Å². The minimum atomic E-state index is -0.914. The first-order valence-corrected chi connectivity index (χ1v) is 7.83. The Kier molecular flexibility index (Phi) is 7.50. The smallest absolute Gasteiger partial charge is 0.303 e. The summed E-state index contributed by atoms with van der Waals surface area (Å²) >= 11 is 0. The van der Waals surface area contributed by atoms with E-state index >= 15 is 0 Å². The maximum atomic E-state index is 12.0. The van der Waals surface area contributed by atoms with Gasteiger partial charge in [-0.05, 0) is 30.4 Å². The van der Waals surface area contributed by atoms with E-state index in [0.717, 1.165) is 16.8 Å². The Morgan fingerprint density at radius 1 is 1.38 bits per heavy atom. The molecule has 0 saturated heterocycles. The molecule has 3 N–H and O–H groups in total. The van der Waals surface area contributed by atoms with Crippen molar-refractivity contribution in [3.63, 3.8) is 0 Å². The van der Waals surface area contributed by atoms with Crippen LogP contribution in [0.15, 0.2) is 30.0 Å². The van der Waals surface area contributed by atoms with Crippen molar-refractivity contribution < 1.29 is 14.7 Å². The summed E-state index contributed by atoms with van der Waals surface area (Å²) in [6.07, 6.45) is 1.69. The number of nitriles is 1. The number of anilines is 1. The van der Waals surface area contributed by atoms with E-state index in [-0.39, 0.29) is 18.5 Å². The summed E-state index contributed by atoms with van der Waals surface area (Å²) in [5, 5.41) is 23.3. The lowest BCUT2D eigenvalue weighted by Gasteiger charge is -2.15. The largest absolute Gasteiger partial charge is 0.481 e. The summed E-state index contributed by atoms with van der Waals surface area (Å²) in [6.45, 7) is 6.32. The van der Waals surface area contributed by atoms with Gasteiger partial charge in [-0.25, -0.2) is 0 Å². The fourth-order valence-corrected chi connectivity index (χ4v) is 2.20. The normalized spacial score (nSPS) is 11.0. The molecule has 1 rings (SSSR count). The molecule has 0 aliphatic rings. The van der Waals surface area contributed by atoms with Gasteiger partial charge in [0.2, 0.25) is 0 Å². The molecule has 0 aliphatic carbocycles. The molecule has 0 fully saturated rings. The highest BCUT2D eigenvalue weighted by molar-refractivity contribution is 5.97. The number of hydrogen-bond donors (Lipinski definition) is 3. The number of para-hydroxylation sites is 1. The van der Waals surface area contributed by atoms with Gasteiger partial charge in [0, 0.05) is 24.9 Å². The topological polar surface area (TPSA) is 102 Å². The second kappa shape index (κ2) is 9.36. The standard InChI is InChI=1S/C18H23N3O3/c1-12(2)15-7-4-6-13(3)17(15)21-11-14(10-19)18(24)20-9-5-8-16(22)23/h4,6-7,11-12,21H,5,8-9H2,1-3H3,(H,20,24)(H,22,23)/b14-11-. The van der Waals surface area contributed by atoms with E-state index in [9.17, 15) is 9.59 Å². The van der Waals surface area contributed by atoms with Crippen LogP contribution >= 0.6 is 0 Å². The van der Waals surface area contributed by atoms with Crippen molar-refractivity contribution in [1.82, 2.24) is 5.32 Å². The van der Waals surface area contributed by atoms with Crippen LogP contribution in [-0.2, 0) is 9.59 Å². The zero-order valence-electron chi connectivity index (χ0n) is 14.2. The van der Waals surface area contributed by atoms with Crippen molar-refractivity contribution in [3.8, 4) is 6.07 Å². The van der Waals surface area contributed by atoms with E-state index in [4.69, 9.17) is 10.4 Å². The van der Waals surface area contributed by atoms with E-state index in [1.807, 2.05) is 31.2 Å². The fraction of sp³-hybridized carbons (Fsp3) is 0.389.